The van der Waals surface area contributed by atoms with Gasteiger partial charge in [-0.15, -0.1) is 0 Å². The van der Waals surface area contributed by atoms with Crippen molar-refractivity contribution in [2.45, 2.75) is 39.5 Å². The number of hydrogen-bond acceptors (Lipinski definition) is 3. The van der Waals surface area contributed by atoms with Gasteiger partial charge in [0.25, 0.3) is 0 Å². The predicted molar refractivity (Wildman–Crippen MR) is 68.9 cm³/mol. The van der Waals surface area contributed by atoms with Gasteiger partial charge >= 0.3 is 5.97 Å². The van der Waals surface area contributed by atoms with Gasteiger partial charge < -0.3 is 4.74 Å². The molecule has 3 nitrogen and oxygen atoms in total. The molecule has 2 aliphatic carbocycles. The van der Waals surface area contributed by atoms with Crippen LogP contribution in [0.15, 0.2) is 11.6 Å². The highest BCUT2D eigenvalue weighted by Gasteiger charge is 2.42. The lowest BCUT2D eigenvalue weighted by atomic mass is 9.63. The van der Waals surface area contributed by atoms with E-state index in [9.17, 15) is 9.59 Å². The number of ether oxygens (including phenoxy) is 1. The monoisotopic (exact) mass is 250 g/mol. The summed E-state index contributed by atoms with van der Waals surface area (Å²) in [6.45, 7) is 4.05. The van der Waals surface area contributed by atoms with Crippen molar-refractivity contribution in [3.63, 3.8) is 0 Å². The van der Waals surface area contributed by atoms with E-state index in [2.05, 4.69) is 13.0 Å². The van der Waals surface area contributed by atoms with Gasteiger partial charge in [-0.3, -0.25) is 9.59 Å². The van der Waals surface area contributed by atoms with Gasteiger partial charge in [0.15, 0.2) is 0 Å². The molecule has 0 spiro atoms. The maximum atomic E-state index is 12.0. The largest absolute Gasteiger partial charge is 0.469 e. The molecule has 0 radical (unpaired) electrons. The Bertz CT molecular complexity index is 383. The fourth-order valence-corrected chi connectivity index (χ4v) is 3.53. The molecule has 3 heteroatoms. The van der Waals surface area contributed by atoms with Crippen LogP contribution in [-0.4, -0.2) is 18.9 Å². The molecule has 100 valence electrons. The Morgan fingerprint density at radius 2 is 2.11 bits per heavy atom. The Hall–Kier alpha value is -1.12. The van der Waals surface area contributed by atoms with Crippen LogP contribution in [0.3, 0.4) is 0 Å². The average Bonchev–Trinajstić information content (AvgIpc) is 2.37. The van der Waals surface area contributed by atoms with E-state index in [1.165, 1.54) is 12.7 Å². The zero-order valence-electron chi connectivity index (χ0n) is 11.4. The predicted octanol–water partition coefficient (Wildman–Crippen LogP) is 2.75. The Kier molecular flexibility index (Phi) is 3.88. The number of carbonyl (C=O) groups is 2. The van der Waals surface area contributed by atoms with Crippen LogP contribution in [0.25, 0.3) is 0 Å². The van der Waals surface area contributed by atoms with Gasteiger partial charge in [0.1, 0.15) is 5.78 Å². The molecule has 0 bridgehead atoms. The molecule has 3 unspecified atom stereocenters. The number of carbonyl (C=O) groups excluding carboxylic acids is 2. The Morgan fingerprint density at radius 1 is 1.39 bits per heavy atom. The zero-order valence-corrected chi connectivity index (χ0v) is 11.4. The van der Waals surface area contributed by atoms with Gasteiger partial charge in [-0.05, 0) is 38.0 Å². The first-order valence-corrected chi connectivity index (χ1v) is 6.82. The maximum Gasteiger partial charge on any atom is 0.308 e. The second-order valence-corrected chi connectivity index (χ2v) is 5.72. The number of methoxy groups -OCH3 is 1. The second-order valence-electron chi connectivity index (χ2n) is 5.72. The summed E-state index contributed by atoms with van der Waals surface area (Å²) in [6.07, 6.45) is 5.65. The van der Waals surface area contributed by atoms with Gasteiger partial charge in [-0.2, -0.15) is 0 Å². The van der Waals surface area contributed by atoms with Crippen LogP contribution in [0.2, 0.25) is 0 Å². The molecule has 1 saturated carbocycles. The normalized spacial score (nSPS) is 33.4. The number of Topliss-reactive ketones (excluding diaryl/α,β-unsaturated/α-hetero) is 1. The number of esters is 1. The van der Waals surface area contributed by atoms with Crippen molar-refractivity contribution in [1.29, 1.82) is 0 Å². The molecule has 18 heavy (non-hydrogen) atoms. The third kappa shape index (κ3) is 2.36. The molecule has 0 amide bonds. The first kappa shape index (κ1) is 13.3. The Balaban J connectivity index is 2.22. The van der Waals surface area contributed by atoms with Crippen molar-refractivity contribution in [3.05, 3.63) is 11.6 Å². The number of rotatable bonds is 2. The molecule has 0 heterocycles. The fraction of sp³-hybridized carbons (Fsp3) is 0.733. The second kappa shape index (κ2) is 5.25. The molecular weight excluding hydrogens is 228 g/mol. The van der Waals surface area contributed by atoms with Crippen molar-refractivity contribution < 1.29 is 14.3 Å². The van der Waals surface area contributed by atoms with Gasteiger partial charge in [0, 0.05) is 12.3 Å². The molecule has 2 rings (SSSR count). The minimum atomic E-state index is -0.148. The summed E-state index contributed by atoms with van der Waals surface area (Å²) in [7, 11) is 1.44. The van der Waals surface area contributed by atoms with Gasteiger partial charge in [-0.25, -0.2) is 0 Å². The number of fused-ring (bicyclic) bond motifs is 1. The summed E-state index contributed by atoms with van der Waals surface area (Å²) in [5, 5.41) is 0. The van der Waals surface area contributed by atoms with E-state index in [1.807, 2.05) is 6.92 Å². The number of ketones is 1. The summed E-state index contributed by atoms with van der Waals surface area (Å²) in [4.78, 5) is 23.7. The molecule has 1 fully saturated rings. The Labute approximate surface area is 109 Å². The van der Waals surface area contributed by atoms with Crippen LogP contribution in [0.5, 0.6) is 0 Å². The van der Waals surface area contributed by atoms with Crippen molar-refractivity contribution in [3.8, 4) is 0 Å². The third-order valence-electron chi connectivity index (χ3n) is 4.64. The van der Waals surface area contributed by atoms with Crippen LogP contribution in [0.1, 0.15) is 39.5 Å². The SMILES string of the molecule is COC(=O)C(C)C1CCC(=O)[C@H]2CCC(C)=CC12. The Morgan fingerprint density at radius 3 is 2.78 bits per heavy atom. The summed E-state index contributed by atoms with van der Waals surface area (Å²) < 4.78 is 4.85. The highest BCUT2D eigenvalue weighted by Crippen LogP contribution is 2.43. The summed E-state index contributed by atoms with van der Waals surface area (Å²) in [5.41, 5.74) is 1.35. The van der Waals surface area contributed by atoms with E-state index in [-0.39, 0.29) is 29.6 Å². The standard InChI is InChI=1S/C15H22O3/c1-9-4-5-12-13(8-9)11(6-7-14(12)16)10(2)15(17)18-3/h8,10-13H,4-7H2,1-3H3/t10?,11?,12-,13?/m0/s1. The van der Waals surface area contributed by atoms with Gasteiger partial charge in [-0.1, -0.05) is 18.6 Å². The van der Waals surface area contributed by atoms with E-state index < -0.39 is 0 Å². The topological polar surface area (TPSA) is 43.4 Å². The highest BCUT2D eigenvalue weighted by molar-refractivity contribution is 5.83. The lowest BCUT2D eigenvalue weighted by molar-refractivity contribution is -0.149. The van der Waals surface area contributed by atoms with Crippen LogP contribution in [-0.2, 0) is 14.3 Å². The van der Waals surface area contributed by atoms with Crippen LogP contribution >= 0.6 is 0 Å². The molecule has 0 aromatic rings. The molecule has 2 aliphatic rings. The van der Waals surface area contributed by atoms with E-state index in [4.69, 9.17) is 4.74 Å². The maximum absolute atomic E-state index is 12.0. The van der Waals surface area contributed by atoms with Crippen molar-refractivity contribution >= 4 is 11.8 Å². The van der Waals surface area contributed by atoms with E-state index in [0.29, 0.717) is 12.2 Å². The third-order valence-corrected chi connectivity index (χ3v) is 4.64. The van der Waals surface area contributed by atoms with Gasteiger partial charge in [0.2, 0.25) is 0 Å². The summed E-state index contributed by atoms with van der Waals surface area (Å²) in [6, 6.07) is 0. The smallest absolute Gasteiger partial charge is 0.308 e. The number of hydrogen-bond donors (Lipinski definition) is 0. The lowest BCUT2D eigenvalue weighted by Gasteiger charge is -2.40. The minimum Gasteiger partial charge on any atom is -0.469 e. The summed E-state index contributed by atoms with van der Waals surface area (Å²) >= 11 is 0. The van der Waals surface area contributed by atoms with Crippen molar-refractivity contribution in [2.24, 2.45) is 23.7 Å². The van der Waals surface area contributed by atoms with Crippen molar-refractivity contribution in [1.82, 2.24) is 0 Å². The van der Waals surface area contributed by atoms with Crippen LogP contribution in [0.4, 0.5) is 0 Å². The molecule has 0 aromatic carbocycles. The fourth-order valence-electron chi connectivity index (χ4n) is 3.53. The summed E-state index contributed by atoms with van der Waals surface area (Å²) in [5.74, 6) is 0.767. The zero-order chi connectivity index (χ0) is 13.3. The average molecular weight is 250 g/mol. The quantitative estimate of drug-likeness (QED) is 0.559. The molecule has 0 aromatic heterocycles. The minimum absolute atomic E-state index is 0.113. The first-order valence-electron chi connectivity index (χ1n) is 6.82. The first-order chi connectivity index (χ1) is 8.54. The molecule has 0 saturated heterocycles. The molecule has 0 aliphatic heterocycles. The highest BCUT2D eigenvalue weighted by atomic mass is 16.5. The lowest BCUT2D eigenvalue weighted by Crippen LogP contribution is -2.40. The van der Waals surface area contributed by atoms with Crippen molar-refractivity contribution in [2.75, 3.05) is 7.11 Å². The molecule has 0 N–H and O–H groups in total. The van der Waals surface area contributed by atoms with E-state index >= 15 is 0 Å². The molecule has 4 atom stereocenters. The van der Waals surface area contributed by atoms with Gasteiger partial charge in [0.05, 0.1) is 13.0 Å². The van der Waals surface area contributed by atoms with E-state index in [0.717, 1.165) is 19.3 Å². The van der Waals surface area contributed by atoms with Crippen LogP contribution in [0, 0.1) is 23.7 Å². The molecular formula is C15H22O3. The van der Waals surface area contributed by atoms with E-state index in [1.54, 1.807) is 0 Å². The van der Waals surface area contributed by atoms with Crippen LogP contribution < -0.4 is 0 Å². The number of allylic oxidation sites excluding steroid dienone is 2.